The summed E-state index contributed by atoms with van der Waals surface area (Å²) < 4.78 is 5.55. The van der Waals surface area contributed by atoms with Crippen molar-refractivity contribution in [3.8, 4) is 11.5 Å². The van der Waals surface area contributed by atoms with Crippen molar-refractivity contribution in [2.45, 2.75) is 6.92 Å². The number of hydrazone groups is 1. The van der Waals surface area contributed by atoms with E-state index in [0.717, 1.165) is 29.1 Å². The molecule has 146 valence electrons. The van der Waals surface area contributed by atoms with Crippen LogP contribution < -0.4 is 10.2 Å². The summed E-state index contributed by atoms with van der Waals surface area (Å²) in [7, 11) is 0. The van der Waals surface area contributed by atoms with Crippen molar-refractivity contribution in [3.63, 3.8) is 0 Å². The Hall–Kier alpha value is -4.27. The SMILES string of the molecule is C/C(=N/Nc1ccccc1)c1ccc(Oc2ccc([N+](=O)[O-])cc2[N+](=O)[O-])cc1. The summed E-state index contributed by atoms with van der Waals surface area (Å²) in [5.74, 6) is 0.277. The van der Waals surface area contributed by atoms with Gasteiger partial charge < -0.3 is 4.74 Å². The number of benzene rings is 3. The van der Waals surface area contributed by atoms with Crippen LogP contribution in [0.25, 0.3) is 0 Å². The fourth-order valence-electron chi connectivity index (χ4n) is 2.47. The van der Waals surface area contributed by atoms with Crippen molar-refractivity contribution in [3.05, 3.63) is 98.6 Å². The van der Waals surface area contributed by atoms with Gasteiger partial charge in [0.15, 0.2) is 0 Å². The van der Waals surface area contributed by atoms with E-state index in [4.69, 9.17) is 4.74 Å². The van der Waals surface area contributed by atoms with Crippen LogP contribution in [0.3, 0.4) is 0 Å². The first-order valence-electron chi connectivity index (χ1n) is 8.50. The van der Waals surface area contributed by atoms with Crippen LogP contribution in [0.4, 0.5) is 17.1 Å². The van der Waals surface area contributed by atoms with E-state index in [1.54, 1.807) is 24.3 Å². The number of anilines is 1. The van der Waals surface area contributed by atoms with Gasteiger partial charge in [0, 0.05) is 6.07 Å². The van der Waals surface area contributed by atoms with E-state index < -0.39 is 15.5 Å². The van der Waals surface area contributed by atoms with Gasteiger partial charge in [-0.15, -0.1) is 0 Å². The van der Waals surface area contributed by atoms with Crippen LogP contribution in [-0.4, -0.2) is 15.6 Å². The van der Waals surface area contributed by atoms with Crippen LogP contribution >= 0.6 is 0 Å². The minimum Gasteiger partial charge on any atom is -0.450 e. The summed E-state index contributed by atoms with van der Waals surface area (Å²) in [5, 5.41) is 26.3. The highest BCUT2D eigenvalue weighted by Crippen LogP contribution is 2.34. The predicted octanol–water partition coefficient (Wildman–Crippen LogP) is 5.13. The van der Waals surface area contributed by atoms with Crippen molar-refractivity contribution >= 4 is 22.8 Å². The zero-order valence-electron chi connectivity index (χ0n) is 15.3. The molecule has 0 aliphatic heterocycles. The van der Waals surface area contributed by atoms with E-state index in [1.807, 2.05) is 37.3 Å². The normalized spacial score (nSPS) is 11.0. The second kappa shape index (κ2) is 8.61. The van der Waals surface area contributed by atoms with Gasteiger partial charge in [-0.3, -0.25) is 25.7 Å². The van der Waals surface area contributed by atoms with Crippen molar-refractivity contribution in [1.29, 1.82) is 0 Å². The standard InChI is InChI=1S/C20H16N4O5/c1-14(21-22-16-5-3-2-4-6-16)15-7-10-18(11-8-15)29-20-12-9-17(23(25)26)13-19(20)24(27)28/h2-13,22H,1H3/b21-14-. The monoisotopic (exact) mass is 392 g/mol. The molecule has 9 nitrogen and oxygen atoms in total. The summed E-state index contributed by atoms with van der Waals surface area (Å²) in [6.07, 6.45) is 0. The van der Waals surface area contributed by atoms with Crippen LogP contribution in [0.5, 0.6) is 11.5 Å². The average molecular weight is 392 g/mol. The highest BCUT2D eigenvalue weighted by atomic mass is 16.6. The lowest BCUT2D eigenvalue weighted by Gasteiger charge is -2.08. The molecule has 0 spiro atoms. The molecule has 0 aromatic heterocycles. The van der Waals surface area contributed by atoms with E-state index in [1.165, 1.54) is 6.07 Å². The maximum absolute atomic E-state index is 11.2. The lowest BCUT2D eigenvalue weighted by molar-refractivity contribution is -0.394. The molecule has 3 aromatic carbocycles. The summed E-state index contributed by atoms with van der Waals surface area (Å²) >= 11 is 0. The molecule has 0 bridgehead atoms. The zero-order chi connectivity index (χ0) is 20.8. The number of hydrogen-bond donors (Lipinski definition) is 1. The first-order chi connectivity index (χ1) is 13.9. The minimum atomic E-state index is -0.719. The number of ether oxygens (including phenoxy) is 1. The Morgan fingerprint density at radius 3 is 2.24 bits per heavy atom. The van der Waals surface area contributed by atoms with Gasteiger partial charge in [-0.25, -0.2) is 0 Å². The maximum atomic E-state index is 11.2. The molecular weight excluding hydrogens is 376 g/mol. The molecule has 0 aliphatic rings. The van der Waals surface area contributed by atoms with E-state index in [-0.39, 0.29) is 11.4 Å². The Balaban J connectivity index is 1.75. The van der Waals surface area contributed by atoms with Crippen LogP contribution in [0, 0.1) is 20.2 Å². The van der Waals surface area contributed by atoms with E-state index in [0.29, 0.717) is 5.75 Å². The van der Waals surface area contributed by atoms with Gasteiger partial charge in [-0.2, -0.15) is 5.10 Å². The zero-order valence-corrected chi connectivity index (χ0v) is 15.3. The van der Waals surface area contributed by atoms with Crippen LogP contribution in [0.2, 0.25) is 0 Å². The lowest BCUT2D eigenvalue weighted by Crippen LogP contribution is -2.00. The third kappa shape index (κ3) is 4.92. The molecule has 0 aliphatic carbocycles. The van der Waals surface area contributed by atoms with Gasteiger partial charge in [0.05, 0.1) is 27.3 Å². The number of para-hydroxylation sites is 1. The van der Waals surface area contributed by atoms with Crippen molar-refractivity contribution in [2.24, 2.45) is 5.10 Å². The molecule has 1 N–H and O–H groups in total. The number of nitrogens with one attached hydrogen (secondary N) is 1. The number of hydrogen-bond acceptors (Lipinski definition) is 7. The second-order valence-electron chi connectivity index (χ2n) is 5.97. The van der Waals surface area contributed by atoms with Crippen LogP contribution in [-0.2, 0) is 0 Å². The van der Waals surface area contributed by atoms with Gasteiger partial charge in [-0.1, -0.05) is 18.2 Å². The molecule has 0 fully saturated rings. The Kier molecular flexibility index (Phi) is 5.79. The number of nitro groups is 2. The molecule has 3 aromatic rings. The number of non-ortho nitro benzene ring substituents is 1. The number of nitrogens with zero attached hydrogens (tertiary/aromatic N) is 3. The molecule has 0 amide bonds. The van der Waals surface area contributed by atoms with E-state index >= 15 is 0 Å². The summed E-state index contributed by atoms with van der Waals surface area (Å²) in [6, 6.07) is 19.5. The maximum Gasteiger partial charge on any atom is 0.318 e. The summed E-state index contributed by atoms with van der Waals surface area (Å²) in [6.45, 7) is 1.84. The Labute approximate surface area is 165 Å². The van der Waals surface area contributed by atoms with Gasteiger partial charge >= 0.3 is 5.69 Å². The molecule has 29 heavy (non-hydrogen) atoms. The molecular formula is C20H16N4O5. The largest absolute Gasteiger partial charge is 0.450 e. The molecule has 0 unspecified atom stereocenters. The highest BCUT2D eigenvalue weighted by molar-refractivity contribution is 5.99. The molecule has 0 saturated carbocycles. The van der Waals surface area contributed by atoms with Crippen LogP contribution in [0.1, 0.15) is 12.5 Å². The van der Waals surface area contributed by atoms with Gasteiger partial charge in [-0.05, 0) is 55.0 Å². The van der Waals surface area contributed by atoms with Gasteiger partial charge in [0.2, 0.25) is 5.75 Å². The predicted molar refractivity (Wildman–Crippen MR) is 109 cm³/mol. The fraction of sp³-hybridized carbons (Fsp3) is 0.0500. The smallest absolute Gasteiger partial charge is 0.318 e. The topological polar surface area (TPSA) is 120 Å². The fourth-order valence-corrected chi connectivity index (χ4v) is 2.47. The number of nitro benzene ring substituents is 2. The van der Waals surface area contributed by atoms with Crippen molar-refractivity contribution < 1.29 is 14.6 Å². The quantitative estimate of drug-likeness (QED) is 0.338. The van der Waals surface area contributed by atoms with Crippen molar-refractivity contribution in [2.75, 3.05) is 5.43 Å². The highest BCUT2D eigenvalue weighted by Gasteiger charge is 2.21. The molecule has 0 saturated heterocycles. The first kappa shape index (κ1) is 19.5. The number of rotatable bonds is 7. The average Bonchev–Trinajstić information content (AvgIpc) is 2.73. The second-order valence-corrected chi connectivity index (χ2v) is 5.97. The molecule has 3 rings (SSSR count). The van der Waals surface area contributed by atoms with Crippen molar-refractivity contribution in [1.82, 2.24) is 0 Å². The molecule has 0 radical (unpaired) electrons. The Morgan fingerprint density at radius 2 is 1.62 bits per heavy atom. The first-order valence-corrected chi connectivity index (χ1v) is 8.50. The third-order valence-electron chi connectivity index (χ3n) is 3.98. The Bertz CT molecular complexity index is 1070. The third-order valence-corrected chi connectivity index (χ3v) is 3.98. The minimum absolute atomic E-state index is 0.0792. The summed E-state index contributed by atoms with van der Waals surface area (Å²) in [4.78, 5) is 20.6. The van der Waals surface area contributed by atoms with Crippen LogP contribution in [0.15, 0.2) is 77.9 Å². The summed E-state index contributed by atoms with van der Waals surface area (Å²) in [5.41, 5.74) is 4.53. The lowest BCUT2D eigenvalue weighted by atomic mass is 10.1. The molecule has 0 atom stereocenters. The van der Waals surface area contributed by atoms with Gasteiger partial charge in [0.1, 0.15) is 5.75 Å². The molecule has 9 heteroatoms. The van der Waals surface area contributed by atoms with Gasteiger partial charge in [0.25, 0.3) is 5.69 Å². The molecule has 0 heterocycles. The Morgan fingerprint density at radius 1 is 0.931 bits per heavy atom. The van der Waals surface area contributed by atoms with E-state index in [9.17, 15) is 20.2 Å². The van der Waals surface area contributed by atoms with E-state index in [2.05, 4.69) is 10.5 Å².